The number of carboxylic acids is 1. The summed E-state index contributed by atoms with van der Waals surface area (Å²) >= 11 is 0. The van der Waals surface area contributed by atoms with Gasteiger partial charge in [-0.3, -0.25) is 4.79 Å². The van der Waals surface area contributed by atoms with Crippen molar-refractivity contribution in [2.75, 3.05) is 19.6 Å². The van der Waals surface area contributed by atoms with Crippen LogP contribution in [0.15, 0.2) is 0 Å². The van der Waals surface area contributed by atoms with E-state index in [9.17, 15) is 9.59 Å². The Morgan fingerprint density at radius 1 is 1.33 bits per heavy atom. The van der Waals surface area contributed by atoms with Crippen molar-refractivity contribution in [2.24, 2.45) is 11.8 Å². The van der Waals surface area contributed by atoms with Gasteiger partial charge in [0.25, 0.3) is 0 Å². The van der Waals surface area contributed by atoms with Crippen molar-refractivity contribution in [1.29, 1.82) is 0 Å². The molecule has 1 aliphatic heterocycles. The lowest BCUT2D eigenvalue weighted by Crippen LogP contribution is -2.39. The maximum Gasteiger partial charge on any atom is 0.317 e. The SMILES string of the molecule is O=C(O)C1CCN(C(=O)NCC2CC2)C1. The van der Waals surface area contributed by atoms with Gasteiger partial charge in [0, 0.05) is 19.6 Å². The number of nitrogens with zero attached hydrogens (tertiary/aromatic N) is 1. The molecule has 5 nitrogen and oxygen atoms in total. The molecule has 2 rings (SSSR count). The Morgan fingerprint density at radius 2 is 2.07 bits per heavy atom. The van der Waals surface area contributed by atoms with Gasteiger partial charge in [-0.05, 0) is 25.2 Å². The molecule has 2 amide bonds. The Hall–Kier alpha value is -1.26. The molecule has 0 aromatic heterocycles. The zero-order chi connectivity index (χ0) is 10.8. The van der Waals surface area contributed by atoms with Crippen LogP contribution in [0.5, 0.6) is 0 Å². The van der Waals surface area contributed by atoms with Crippen molar-refractivity contribution in [1.82, 2.24) is 10.2 Å². The number of hydrogen-bond acceptors (Lipinski definition) is 2. The lowest BCUT2D eigenvalue weighted by Gasteiger charge is -2.16. The highest BCUT2D eigenvalue weighted by Gasteiger charge is 2.31. The Labute approximate surface area is 88.4 Å². The Balaban J connectivity index is 1.73. The molecule has 1 aliphatic carbocycles. The van der Waals surface area contributed by atoms with Crippen LogP contribution >= 0.6 is 0 Å². The summed E-state index contributed by atoms with van der Waals surface area (Å²) in [5.74, 6) is -0.518. The molecular weight excluding hydrogens is 196 g/mol. The predicted molar refractivity (Wildman–Crippen MR) is 53.4 cm³/mol. The van der Waals surface area contributed by atoms with Crippen molar-refractivity contribution in [3.63, 3.8) is 0 Å². The molecule has 2 N–H and O–H groups in total. The first-order chi connectivity index (χ1) is 7.16. The Morgan fingerprint density at radius 3 is 2.60 bits per heavy atom. The van der Waals surface area contributed by atoms with Gasteiger partial charge in [-0.25, -0.2) is 4.79 Å². The number of carbonyl (C=O) groups is 2. The highest BCUT2D eigenvalue weighted by molar-refractivity contribution is 5.77. The zero-order valence-corrected chi connectivity index (χ0v) is 8.61. The average molecular weight is 212 g/mol. The summed E-state index contributed by atoms with van der Waals surface area (Å²) in [6.45, 7) is 1.66. The molecule has 0 aromatic carbocycles. The van der Waals surface area contributed by atoms with E-state index >= 15 is 0 Å². The number of hydrogen-bond donors (Lipinski definition) is 2. The first-order valence-corrected chi connectivity index (χ1v) is 5.42. The van der Waals surface area contributed by atoms with E-state index in [2.05, 4.69) is 5.32 Å². The van der Waals surface area contributed by atoms with E-state index in [1.165, 1.54) is 12.8 Å². The van der Waals surface area contributed by atoms with Crippen LogP contribution in [0, 0.1) is 11.8 Å². The summed E-state index contributed by atoms with van der Waals surface area (Å²) < 4.78 is 0. The molecule has 0 spiro atoms. The van der Waals surface area contributed by atoms with Crippen LogP contribution in [0.1, 0.15) is 19.3 Å². The van der Waals surface area contributed by atoms with Gasteiger partial charge in [-0.15, -0.1) is 0 Å². The van der Waals surface area contributed by atoms with Gasteiger partial charge in [0.2, 0.25) is 0 Å². The lowest BCUT2D eigenvalue weighted by atomic mass is 10.1. The second-order valence-electron chi connectivity index (χ2n) is 4.40. The number of rotatable bonds is 3. The van der Waals surface area contributed by atoms with E-state index in [0.717, 1.165) is 6.54 Å². The zero-order valence-electron chi connectivity index (χ0n) is 8.61. The van der Waals surface area contributed by atoms with Crippen molar-refractivity contribution in [3.8, 4) is 0 Å². The summed E-state index contributed by atoms with van der Waals surface area (Å²) in [4.78, 5) is 23.9. The first kappa shape index (κ1) is 10.3. The molecular formula is C10H16N2O3. The third-order valence-corrected chi connectivity index (χ3v) is 3.06. The number of nitrogens with one attached hydrogen (secondary N) is 1. The van der Waals surface area contributed by atoms with E-state index in [4.69, 9.17) is 5.11 Å². The van der Waals surface area contributed by atoms with Gasteiger partial charge < -0.3 is 15.3 Å². The van der Waals surface area contributed by atoms with Gasteiger partial charge in [-0.1, -0.05) is 0 Å². The van der Waals surface area contributed by atoms with Crippen LogP contribution in [0.4, 0.5) is 4.79 Å². The molecule has 1 unspecified atom stereocenters. The van der Waals surface area contributed by atoms with Gasteiger partial charge >= 0.3 is 12.0 Å². The van der Waals surface area contributed by atoms with Gasteiger partial charge in [-0.2, -0.15) is 0 Å². The van der Waals surface area contributed by atoms with Crippen molar-refractivity contribution in [2.45, 2.75) is 19.3 Å². The molecule has 2 fully saturated rings. The van der Waals surface area contributed by atoms with Crippen LogP contribution in [-0.2, 0) is 4.79 Å². The maximum absolute atomic E-state index is 11.6. The van der Waals surface area contributed by atoms with E-state index in [0.29, 0.717) is 25.4 Å². The number of carbonyl (C=O) groups excluding carboxylic acids is 1. The number of aliphatic carboxylic acids is 1. The second-order valence-corrected chi connectivity index (χ2v) is 4.40. The number of carboxylic acid groups (broad SMARTS) is 1. The monoisotopic (exact) mass is 212 g/mol. The van der Waals surface area contributed by atoms with Gasteiger partial charge in [0.15, 0.2) is 0 Å². The highest BCUT2D eigenvalue weighted by Crippen LogP contribution is 2.27. The molecule has 2 aliphatic rings. The summed E-state index contributed by atoms with van der Waals surface area (Å²) in [6.07, 6.45) is 2.99. The molecule has 84 valence electrons. The van der Waals surface area contributed by atoms with Crippen LogP contribution in [0.25, 0.3) is 0 Å². The fourth-order valence-corrected chi connectivity index (χ4v) is 1.81. The topological polar surface area (TPSA) is 69.6 Å². The molecule has 1 saturated carbocycles. The summed E-state index contributed by atoms with van der Waals surface area (Å²) in [6, 6.07) is -0.106. The standard InChI is InChI=1S/C10H16N2O3/c13-9(14)8-3-4-12(6-8)10(15)11-5-7-1-2-7/h7-8H,1-6H2,(H,11,15)(H,13,14). The smallest absolute Gasteiger partial charge is 0.317 e. The molecule has 1 saturated heterocycles. The van der Waals surface area contributed by atoms with Crippen molar-refractivity contribution >= 4 is 12.0 Å². The van der Waals surface area contributed by atoms with E-state index in [1.807, 2.05) is 0 Å². The Kier molecular flexibility index (Phi) is 2.79. The summed E-state index contributed by atoms with van der Waals surface area (Å²) in [7, 11) is 0. The van der Waals surface area contributed by atoms with E-state index < -0.39 is 5.97 Å². The molecule has 1 atom stereocenters. The number of amides is 2. The van der Waals surface area contributed by atoms with Gasteiger partial charge in [0.1, 0.15) is 0 Å². The minimum atomic E-state index is -0.799. The lowest BCUT2D eigenvalue weighted by molar-refractivity contribution is -0.141. The minimum Gasteiger partial charge on any atom is -0.481 e. The second kappa shape index (κ2) is 4.08. The summed E-state index contributed by atoms with van der Waals surface area (Å²) in [5.41, 5.74) is 0. The van der Waals surface area contributed by atoms with Gasteiger partial charge in [0.05, 0.1) is 5.92 Å². The molecule has 5 heteroatoms. The maximum atomic E-state index is 11.6. The van der Waals surface area contributed by atoms with Crippen LogP contribution < -0.4 is 5.32 Å². The normalized spacial score (nSPS) is 25.3. The van der Waals surface area contributed by atoms with Crippen LogP contribution in [0.2, 0.25) is 0 Å². The number of urea groups is 1. The van der Waals surface area contributed by atoms with E-state index in [1.54, 1.807) is 4.90 Å². The van der Waals surface area contributed by atoms with Crippen LogP contribution in [-0.4, -0.2) is 41.6 Å². The van der Waals surface area contributed by atoms with Crippen LogP contribution in [0.3, 0.4) is 0 Å². The largest absolute Gasteiger partial charge is 0.481 e. The van der Waals surface area contributed by atoms with Crippen molar-refractivity contribution < 1.29 is 14.7 Å². The first-order valence-electron chi connectivity index (χ1n) is 5.42. The van der Waals surface area contributed by atoms with E-state index in [-0.39, 0.29) is 11.9 Å². The molecule has 15 heavy (non-hydrogen) atoms. The Bertz CT molecular complexity index is 276. The quantitative estimate of drug-likeness (QED) is 0.716. The third kappa shape index (κ3) is 2.61. The average Bonchev–Trinajstić information content (AvgIpc) is 2.88. The van der Waals surface area contributed by atoms with Crippen molar-refractivity contribution in [3.05, 3.63) is 0 Å². The predicted octanol–water partition coefficient (Wildman–Crippen LogP) is 0.512. The highest BCUT2D eigenvalue weighted by atomic mass is 16.4. The third-order valence-electron chi connectivity index (χ3n) is 3.06. The summed E-state index contributed by atoms with van der Waals surface area (Å²) in [5, 5.41) is 11.6. The molecule has 0 radical (unpaired) electrons. The minimum absolute atomic E-state index is 0.106. The molecule has 1 heterocycles. The fourth-order valence-electron chi connectivity index (χ4n) is 1.81. The molecule has 0 bridgehead atoms. The number of likely N-dealkylation sites (tertiary alicyclic amines) is 1. The fraction of sp³-hybridized carbons (Fsp3) is 0.800. The molecule has 0 aromatic rings.